The number of hydrogen-bond donors (Lipinski definition) is 0. The summed E-state index contributed by atoms with van der Waals surface area (Å²) in [4.78, 5) is 35.1. The zero-order chi connectivity index (χ0) is 21.3. The molecule has 0 aliphatic carbocycles. The molecule has 150 valence electrons. The highest BCUT2D eigenvalue weighted by Crippen LogP contribution is 2.19. The number of pyridine rings is 3. The van der Waals surface area contributed by atoms with Crippen LogP contribution >= 0.6 is 15.9 Å². The lowest BCUT2D eigenvalue weighted by molar-refractivity contribution is 0.103. The summed E-state index contributed by atoms with van der Waals surface area (Å²) >= 11 is 3.38. The van der Waals surface area contributed by atoms with E-state index in [2.05, 4.69) is 25.9 Å². The molecule has 0 saturated carbocycles. The molecule has 0 bridgehead atoms. The summed E-state index contributed by atoms with van der Waals surface area (Å²) in [6, 6.07) is 16.1. The Morgan fingerprint density at radius 2 is 1.87 bits per heavy atom. The van der Waals surface area contributed by atoms with Crippen LogP contribution in [-0.2, 0) is 6.54 Å². The third kappa shape index (κ3) is 3.76. The predicted molar refractivity (Wildman–Crippen MR) is 118 cm³/mol. The molecule has 4 aromatic rings. The lowest BCUT2D eigenvalue weighted by Gasteiger charge is -2.13. The summed E-state index contributed by atoms with van der Waals surface area (Å²) in [5, 5.41) is 0.476. The first-order valence-electron chi connectivity index (χ1n) is 9.28. The van der Waals surface area contributed by atoms with Gasteiger partial charge >= 0.3 is 0 Å². The van der Waals surface area contributed by atoms with E-state index < -0.39 is 5.78 Å². The number of para-hydroxylation sites is 1. The number of aryl methyl sites for hydroxylation is 1. The van der Waals surface area contributed by atoms with Gasteiger partial charge < -0.3 is 9.30 Å². The Morgan fingerprint density at radius 1 is 1.07 bits per heavy atom. The normalized spacial score (nSPS) is 10.9. The van der Waals surface area contributed by atoms with Crippen molar-refractivity contribution in [1.29, 1.82) is 0 Å². The maximum Gasteiger partial charge on any atom is 0.216 e. The topological polar surface area (TPSA) is 74.1 Å². The quantitative estimate of drug-likeness (QED) is 0.328. The fourth-order valence-electron chi connectivity index (χ4n) is 3.38. The van der Waals surface area contributed by atoms with Crippen molar-refractivity contribution in [1.82, 2.24) is 14.5 Å². The number of ether oxygens (including phenoxy) is 1. The molecule has 0 radical (unpaired) electrons. The highest BCUT2D eigenvalue weighted by molar-refractivity contribution is 9.10. The van der Waals surface area contributed by atoms with Gasteiger partial charge in [0.15, 0.2) is 0 Å². The Bertz CT molecular complexity index is 1330. The van der Waals surface area contributed by atoms with E-state index in [9.17, 15) is 9.59 Å². The van der Waals surface area contributed by atoms with Crippen LogP contribution in [0.1, 0.15) is 27.4 Å². The van der Waals surface area contributed by atoms with Crippen LogP contribution in [-0.4, -0.2) is 27.4 Å². The standard InChI is InChI=1S/C23H18BrN3O3/c1-14-20(30-2)11-10-18(25-14)23(29)17-13-27(12-15-6-5-9-21(24)26-15)19-8-4-3-7-16(19)22(17)28/h3-11,13H,12H2,1-2H3. The lowest BCUT2D eigenvalue weighted by Crippen LogP contribution is -2.21. The molecule has 0 N–H and O–H groups in total. The van der Waals surface area contributed by atoms with Crippen LogP contribution in [0.4, 0.5) is 0 Å². The number of fused-ring (bicyclic) bond motifs is 1. The molecular weight excluding hydrogens is 446 g/mol. The number of aromatic nitrogens is 3. The summed E-state index contributed by atoms with van der Waals surface area (Å²) in [6.07, 6.45) is 1.59. The number of nitrogens with zero attached hydrogens (tertiary/aromatic N) is 3. The SMILES string of the molecule is COc1ccc(C(=O)c2cn(Cc3cccc(Br)n3)c3ccccc3c2=O)nc1C. The van der Waals surface area contributed by atoms with Gasteiger partial charge in [-0.05, 0) is 59.3 Å². The van der Waals surface area contributed by atoms with Crippen LogP contribution in [0, 0.1) is 6.92 Å². The first-order valence-corrected chi connectivity index (χ1v) is 10.1. The number of hydrogen-bond acceptors (Lipinski definition) is 5. The second-order valence-electron chi connectivity index (χ2n) is 6.78. The van der Waals surface area contributed by atoms with Crippen molar-refractivity contribution in [2.75, 3.05) is 7.11 Å². The van der Waals surface area contributed by atoms with Gasteiger partial charge in [0.05, 0.1) is 36.1 Å². The minimum Gasteiger partial charge on any atom is -0.495 e. The average molecular weight is 464 g/mol. The van der Waals surface area contributed by atoms with Crippen molar-refractivity contribution in [3.8, 4) is 5.75 Å². The summed E-state index contributed by atoms with van der Waals surface area (Å²) < 4.78 is 7.80. The van der Waals surface area contributed by atoms with Crippen molar-refractivity contribution in [3.05, 3.63) is 98.3 Å². The molecule has 0 unspecified atom stereocenters. The van der Waals surface area contributed by atoms with Crippen LogP contribution in [0.3, 0.4) is 0 Å². The van der Waals surface area contributed by atoms with E-state index in [-0.39, 0.29) is 16.7 Å². The Kier molecular flexibility index (Phi) is 5.46. The van der Waals surface area contributed by atoms with Gasteiger partial charge in [0.25, 0.3) is 0 Å². The molecular formula is C23H18BrN3O3. The van der Waals surface area contributed by atoms with Gasteiger partial charge in [0.2, 0.25) is 11.2 Å². The fourth-order valence-corrected chi connectivity index (χ4v) is 3.76. The Labute approximate surface area is 181 Å². The third-order valence-electron chi connectivity index (χ3n) is 4.83. The van der Waals surface area contributed by atoms with E-state index in [0.717, 1.165) is 15.8 Å². The second-order valence-corrected chi connectivity index (χ2v) is 7.59. The van der Waals surface area contributed by atoms with Crippen LogP contribution in [0.25, 0.3) is 10.9 Å². The molecule has 30 heavy (non-hydrogen) atoms. The molecule has 1 aromatic carbocycles. The van der Waals surface area contributed by atoms with Gasteiger partial charge in [0.1, 0.15) is 16.0 Å². The smallest absolute Gasteiger partial charge is 0.216 e. The van der Waals surface area contributed by atoms with E-state index in [4.69, 9.17) is 4.74 Å². The lowest BCUT2D eigenvalue weighted by atomic mass is 10.1. The van der Waals surface area contributed by atoms with Crippen molar-refractivity contribution >= 4 is 32.6 Å². The average Bonchev–Trinajstić information content (AvgIpc) is 2.75. The summed E-state index contributed by atoms with van der Waals surface area (Å²) in [5.74, 6) is 0.163. The first-order chi connectivity index (χ1) is 14.5. The van der Waals surface area contributed by atoms with Gasteiger partial charge in [-0.1, -0.05) is 18.2 Å². The summed E-state index contributed by atoms with van der Waals surface area (Å²) in [5.41, 5.74) is 2.08. The zero-order valence-corrected chi connectivity index (χ0v) is 18.0. The van der Waals surface area contributed by atoms with Crippen molar-refractivity contribution in [3.63, 3.8) is 0 Å². The summed E-state index contributed by atoms with van der Waals surface area (Å²) in [7, 11) is 1.55. The molecule has 7 heteroatoms. The number of methoxy groups -OCH3 is 1. The number of benzene rings is 1. The molecule has 4 rings (SSSR count). The Hall–Kier alpha value is -3.32. The van der Waals surface area contributed by atoms with E-state index >= 15 is 0 Å². The highest BCUT2D eigenvalue weighted by Gasteiger charge is 2.19. The molecule has 0 saturated heterocycles. The maximum atomic E-state index is 13.2. The maximum absolute atomic E-state index is 13.2. The van der Waals surface area contributed by atoms with Crippen molar-refractivity contribution < 1.29 is 9.53 Å². The highest BCUT2D eigenvalue weighted by atomic mass is 79.9. The molecule has 0 spiro atoms. The fraction of sp³-hybridized carbons (Fsp3) is 0.130. The number of rotatable bonds is 5. The molecule has 0 amide bonds. The number of carbonyl (C=O) groups is 1. The monoisotopic (exact) mass is 463 g/mol. The van der Waals surface area contributed by atoms with E-state index in [1.54, 1.807) is 44.5 Å². The molecule has 0 aliphatic heterocycles. The summed E-state index contributed by atoms with van der Waals surface area (Å²) in [6.45, 7) is 2.17. The predicted octanol–water partition coefficient (Wildman–Crippen LogP) is 4.15. The van der Waals surface area contributed by atoms with E-state index in [1.165, 1.54) is 0 Å². The van der Waals surface area contributed by atoms with Gasteiger partial charge in [-0.3, -0.25) is 9.59 Å². The van der Waals surface area contributed by atoms with Crippen LogP contribution in [0.15, 0.2) is 70.2 Å². The largest absolute Gasteiger partial charge is 0.495 e. The van der Waals surface area contributed by atoms with Crippen LogP contribution < -0.4 is 10.2 Å². The van der Waals surface area contributed by atoms with Crippen LogP contribution in [0.5, 0.6) is 5.75 Å². The molecule has 3 aromatic heterocycles. The minimum absolute atomic E-state index is 0.0702. The molecule has 3 heterocycles. The van der Waals surface area contributed by atoms with E-state index in [0.29, 0.717) is 23.4 Å². The molecule has 0 atom stereocenters. The van der Waals surface area contributed by atoms with Crippen molar-refractivity contribution in [2.24, 2.45) is 0 Å². The van der Waals surface area contributed by atoms with Crippen LogP contribution in [0.2, 0.25) is 0 Å². The van der Waals surface area contributed by atoms with Gasteiger partial charge in [-0.2, -0.15) is 0 Å². The van der Waals surface area contributed by atoms with Crippen molar-refractivity contribution in [2.45, 2.75) is 13.5 Å². The van der Waals surface area contributed by atoms with E-state index in [1.807, 2.05) is 34.9 Å². The number of carbonyl (C=O) groups excluding carboxylic acids is 1. The number of ketones is 1. The second kappa shape index (κ2) is 8.20. The Morgan fingerprint density at radius 3 is 2.60 bits per heavy atom. The Balaban J connectivity index is 1.86. The van der Waals surface area contributed by atoms with Gasteiger partial charge in [0, 0.05) is 11.6 Å². The first kappa shape index (κ1) is 20.0. The third-order valence-corrected chi connectivity index (χ3v) is 5.27. The van der Waals surface area contributed by atoms with Gasteiger partial charge in [-0.25, -0.2) is 9.97 Å². The molecule has 6 nitrogen and oxygen atoms in total. The molecule has 0 fully saturated rings. The molecule has 0 aliphatic rings. The number of halogens is 1. The van der Waals surface area contributed by atoms with Gasteiger partial charge in [-0.15, -0.1) is 0 Å². The minimum atomic E-state index is -0.424. The zero-order valence-electron chi connectivity index (χ0n) is 16.4.